The highest BCUT2D eigenvalue weighted by atomic mass is 16.5. The summed E-state index contributed by atoms with van der Waals surface area (Å²) in [5.74, 6) is 0.195. The average molecular weight is 337 g/mol. The number of hydrogen-bond donors (Lipinski definition) is 1. The Kier molecular flexibility index (Phi) is 6.19. The molecule has 25 heavy (non-hydrogen) atoms. The van der Waals surface area contributed by atoms with E-state index in [-0.39, 0.29) is 5.57 Å². The zero-order chi connectivity index (χ0) is 18.2. The van der Waals surface area contributed by atoms with E-state index in [9.17, 15) is 4.79 Å². The summed E-state index contributed by atoms with van der Waals surface area (Å²) in [6.07, 6.45) is 1.31. The van der Waals surface area contributed by atoms with Gasteiger partial charge in [0, 0.05) is 0 Å². The van der Waals surface area contributed by atoms with E-state index in [0.717, 1.165) is 16.9 Å². The van der Waals surface area contributed by atoms with Crippen LogP contribution in [0.4, 0.5) is 0 Å². The first kappa shape index (κ1) is 18.1. The summed E-state index contributed by atoms with van der Waals surface area (Å²) < 4.78 is 11.4. The van der Waals surface area contributed by atoms with Crippen molar-refractivity contribution in [3.63, 3.8) is 0 Å². The van der Waals surface area contributed by atoms with Gasteiger partial charge in [0.05, 0.1) is 0 Å². The number of ether oxygens (including phenoxy) is 2. The van der Waals surface area contributed by atoms with Gasteiger partial charge < -0.3 is 14.6 Å². The maximum absolute atomic E-state index is 10.9. The average Bonchev–Trinajstić information content (AvgIpc) is 2.58. The summed E-state index contributed by atoms with van der Waals surface area (Å²) >= 11 is 0. The lowest BCUT2D eigenvalue weighted by Gasteiger charge is -2.12. The number of rotatable bonds is 7. The molecule has 0 saturated heterocycles. The number of nitrogens with zero attached hydrogens (tertiary/aromatic N) is 1. The number of hydrogen-bond acceptors (Lipinski definition) is 4. The molecule has 0 heterocycles. The third-order valence-electron chi connectivity index (χ3n) is 3.53. The molecular formula is C20H19NO4. The molecule has 2 rings (SSSR count). The van der Waals surface area contributed by atoms with Gasteiger partial charge in [0.2, 0.25) is 0 Å². The Labute approximate surface area is 146 Å². The van der Waals surface area contributed by atoms with E-state index in [4.69, 9.17) is 19.8 Å². The standard InChI is InChI=1S/C20H19NO4/c1-14-5-3-6-15(2)19(14)25-10-9-24-18-8-4-7-16(12-18)11-17(13-21)20(22)23/h3-8,11-12H,9-10H2,1-2H3,(H,22,23). The smallest absolute Gasteiger partial charge is 0.346 e. The first-order valence-electron chi connectivity index (χ1n) is 7.78. The van der Waals surface area contributed by atoms with Crippen LogP contribution in [0.3, 0.4) is 0 Å². The topological polar surface area (TPSA) is 79.5 Å². The van der Waals surface area contributed by atoms with Crippen molar-refractivity contribution in [3.05, 3.63) is 64.7 Å². The summed E-state index contributed by atoms with van der Waals surface area (Å²) in [6, 6.07) is 14.5. The number of carbonyl (C=O) groups is 1. The first-order valence-corrected chi connectivity index (χ1v) is 7.78. The van der Waals surface area contributed by atoms with Crippen LogP contribution in [0.1, 0.15) is 16.7 Å². The van der Waals surface area contributed by atoms with Crippen molar-refractivity contribution in [2.45, 2.75) is 13.8 Å². The van der Waals surface area contributed by atoms with E-state index in [1.165, 1.54) is 6.08 Å². The van der Waals surface area contributed by atoms with Gasteiger partial charge in [0.1, 0.15) is 36.4 Å². The molecule has 0 atom stereocenters. The van der Waals surface area contributed by atoms with E-state index in [0.29, 0.717) is 24.5 Å². The fourth-order valence-electron chi connectivity index (χ4n) is 2.33. The van der Waals surface area contributed by atoms with Crippen molar-refractivity contribution >= 4 is 12.0 Å². The van der Waals surface area contributed by atoms with Crippen molar-refractivity contribution in [1.82, 2.24) is 0 Å². The molecule has 0 aliphatic carbocycles. The maximum atomic E-state index is 10.9. The molecule has 0 spiro atoms. The lowest BCUT2D eigenvalue weighted by atomic mass is 10.1. The number of carboxylic acids is 1. The molecule has 0 aliphatic rings. The quantitative estimate of drug-likeness (QED) is 0.473. The molecule has 5 heteroatoms. The maximum Gasteiger partial charge on any atom is 0.346 e. The van der Waals surface area contributed by atoms with Crippen LogP contribution in [0, 0.1) is 25.2 Å². The molecular weight excluding hydrogens is 318 g/mol. The van der Waals surface area contributed by atoms with E-state index < -0.39 is 5.97 Å². The van der Waals surface area contributed by atoms with Gasteiger partial charge in [-0.25, -0.2) is 4.79 Å². The number of carboxylic acid groups (broad SMARTS) is 1. The third kappa shape index (κ3) is 5.11. The fraction of sp³-hybridized carbons (Fsp3) is 0.200. The Morgan fingerprint density at radius 1 is 1.12 bits per heavy atom. The van der Waals surface area contributed by atoms with Gasteiger partial charge >= 0.3 is 5.97 Å². The molecule has 0 amide bonds. The largest absolute Gasteiger partial charge is 0.490 e. The van der Waals surface area contributed by atoms with Crippen molar-refractivity contribution < 1.29 is 19.4 Å². The lowest BCUT2D eigenvalue weighted by Crippen LogP contribution is -2.10. The molecule has 0 radical (unpaired) electrons. The Hall–Kier alpha value is -3.26. The van der Waals surface area contributed by atoms with Crippen LogP contribution in [0.2, 0.25) is 0 Å². The highest BCUT2D eigenvalue weighted by molar-refractivity contribution is 5.96. The minimum atomic E-state index is -1.25. The SMILES string of the molecule is Cc1cccc(C)c1OCCOc1cccc(C=C(C#N)C(=O)O)c1. The zero-order valence-corrected chi connectivity index (χ0v) is 14.2. The minimum absolute atomic E-state index is 0.324. The normalized spacial score (nSPS) is 10.8. The molecule has 0 fully saturated rings. The van der Waals surface area contributed by atoms with Crippen LogP contribution in [0.15, 0.2) is 48.0 Å². The first-order chi connectivity index (χ1) is 12.0. The van der Waals surface area contributed by atoms with Gasteiger partial charge in [0.25, 0.3) is 0 Å². The Morgan fingerprint density at radius 2 is 1.76 bits per heavy atom. The highest BCUT2D eigenvalue weighted by Crippen LogP contribution is 2.22. The van der Waals surface area contributed by atoms with Crippen LogP contribution in [-0.4, -0.2) is 24.3 Å². The fourth-order valence-corrected chi connectivity index (χ4v) is 2.33. The highest BCUT2D eigenvalue weighted by Gasteiger charge is 2.06. The van der Waals surface area contributed by atoms with Gasteiger partial charge in [0.15, 0.2) is 0 Å². The van der Waals surface area contributed by atoms with E-state index in [2.05, 4.69) is 0 Å². The number of aliphatic carboxylic acids is 1. The van der Waals surface area contributed by atoms with Crippen LogP contribution >= 0.6 is 0 Å². The van der Waals surface area contributed by atoms with Crippen LogP contribution in [0.25, 0.3) is 6.08 Å². The van der Waals surface area contributed by atoms with Gasteiger partial charge in [-0.3, -0.25) is 0 Å². The summed E-state index contributed by atoms with van der Waals surface area (Å²) in [5, 5.41) is 17.7. The molecule has 2 aromatic carbocycles. The molecule has 0 aromatic heterocycles. The van der Waals surface area contributed by atoms with Gasteiger partial charge in [-0.05, 0) is 48.7 Å². The summed E-state index contributed by atoms with van der Waals surface area (Å²) in [5.41, 5.74) is 2.41. The Balaban J connectivity index is 1.95. The third-order valence-corrected chi connectivity index (χ3v) is 3.53. The molecule has 2 aromatic rings. The van der Waals surface area contributed by atoms with Crippen LogP contribution in [-0.2, 0) is 4.79 Å². The molecule has 5 nitrogen and oxygen atoms in total. The second kappa shape index (κ2) is 8.55. The van der Waals surface area contributed by atoms with Gasteiger partial charge in [-0.1, -0.05) is 30.3 Å². The van der Waals surface area contributed by atoms with E-state index in [1.807, 2.05) is 32.0 Å². The molecule has 0 saturated carbocycles. The summed E-state index contributed by atoms with van der Waals surface area (Å²) in [4.78, 5) is 10.9. The predicted molar refractivity (Wildman–Crippen MR) is 94.6 cm³/mol. The Bertz CT molecular complexity index is 814. The molecule has 0 aliphatic heterocycles. The van der Waals surface area contributed by atoms with Crippen LogP contribution in [0.5, 0.6) is 11.5 Å². The minimum Gasteiger partial charge on any atom is -0.490 e. The monoisotopic (exact) mass is 337 g/mol. The lowest BCUT2D eigenvalue weighted by molar-refractivity contribution is -0.132. The second-order valence-corrected chi connectivity index (χ2v) is 5.47. The molecule has 0 bridgehead atoms. The number of benzene rings is 2. The molecule has 128 valence electrons. The zero-order valence-electron chi connectivity index (χ0n) is 14.2. The summed E-state index contributed by atoms with van der Waals surface area (Å²) in [6.45, 7) is 4.73. The number of para-hydroxylation sites is 1. The van der Waals surface area contributed by atoms with Crippen molar-refractivity contribution in [3.8, 4) is 17.6 Å². The predicted octanol–water partition coefficient (Wildman–Crippen LogP) is 3.75. The van der Waals surface area contributed by atoms with Crippen molar-refractivity contribution in [1.29, 1.82) is 5.26 Å². The number of aryl methyl sites for hydroxylation is 2. The summed E-state index contributed by atoms with van der Waals surface area (Å²) in [7, 11) is 0. The van der Waals surface area contributed by atoms with E-state index >= 15 is 0 Å². The van der Waals surface area contributed by atoms with Gasteiger partial charge in [-0.15, -0.1) is 0 Å². The number of nitriles is 1. The molecule has 1 N–H and O–H groups in total. The Morgan fingerprint density at radius 3 is 2.40 bits per heavy atom. The molecule has 0 unspecified atom stereocenters. The van der Waals surface area contributed by atoms with E-state index in [1.54, 1.807) is 30.3 Å². The second-order valence-electron chi connectivity index (χ2n) is 5.47. The van der Waals surface area contributed by atoms with Crippen molar-refractivity contribution in [2.24, 2.45) is 0 Å². The van der Waals surface area contributed by atoms with Crippen LogP contribution < -0.4 is 9.47 Å². The van der Waals surface area contributed by atoms with Gasteiger partial charge in [-0.2, -0.15) is 5.26 Å². The van der Waals surface area contributed by atoms with Crippen molar-refractivity contribution in [2.75, 3.05) is 13.2 Å².